The predicted octanol–water partition coefficient (Wildman–Crippen LogP) is 1.46. The maximum atomic E-state index is 12.3. The Bertz CT molecular complexity index is 687. The van der Waals surface area contributed by atoms with Gasteiger partial charge >= 0.3 is 0 Å². The topological polar surface area (TPSA) is 93.2 Å². The number of rotatable bonds is 7. The van der Waals surface area contributed by atoms with Gasteiger partial charge in [0.05, 0.1) is 12.0 Å². The molecule has 0 saturated carbocycles. The zero-order chi connectivity index (χ0) is 15.3. The number of methoxy groups -OCH3 is 1. The van der Waals surface area contributed by atoms with Crippen LogP contribution in [0.25, 0.3) is 0 Å². The average molecular weight is 328 g/mol. The molecule has 0 fully saturated rings. The van der Waals surface area contributed by atoms with Gasteiger partial charge in [0.15, 0.2) is 0 Å². The van der Waals surface area contributed by atoms with E-state index in [1.807, 2.05) is 6.92 Å². The van der Waals surface area contributed by atoms with Crippen molar-refractivity contribution in [2.75, 3.05) is 18.4 Å². The Hall–Kier alpha value is -1.71. The smallest absolute Gasteiger partial charge is 0.263 e. The summed E-state index contributed by atoms with van der Waals surface area (Å²) in [6, 6.07) is 4.73. The van der Waals surface area contributed by atoms with Gasteiger partial charge in [-0.25, -0.2) is 8.42 Å². The Morgan fingerprint density at radius 3 is 2.81 bits per heavy atom. The minimum atomic E-state index is -3.68. The highest BCUT2D eigenvalue weighted by molar-refractivity contribution is 7.93. The van der Waals surface area contributed by atoms with Crippen LogP contribution >= 0.6 is 11.3 Å². The summed E-state index contributed by atoms with van der Waals surface area (Å²) in [5.74, 6) is 0.644. The number of benzene rings is 1. The van der Waals surface area contributed by atoms with Gasteiger partial charge in [0.2, 0.25) is 5.13 Å². The van der Waals surface area contributed by atoms with Gasteiger partial charge in [-0.15, -0.1) is 10.2 Å². The van der Waals surface area contributed by atoms with E-state index in [9.17, 15) is 8.42 Å². The number of hydrogen-bond acceptors (Lipinski definition) is 7. The fourth-order valence-corrected chi connectivity index (χ4v) is 3.45. The summed E-state index contributed by atoms with van der Waals surface area (Å²) in [6.07, 6.45) is 0. The lowest BCUT2D eigenvalue weighted by atomic mass is 10.2. The van der Waals surface area contributed by atoms with E-state index in [-0.39, 0.29) is 10.0 Å². The minimum Gasteiger partial charge on any atom is -0.496 e. The first-order valence-corrected chi connectivity index (χ1v) is 8.59. The molecule has 21 heavy (non-hydrogen) atoms. The quantitative estimate of drug-likeness (QED) is 0.799. The third kappa shape index (κ3) is 3.90. The molecule has 0 saturated heterocycles. The van der Waals surface area contributed by atoms with Crippen LogP contribution in [0.1, 0.15) is 12.5 Å². The van der Waals surface area contributed by atoms with E-state index in [1.54, 1.807) is 19.2 Å². The SMILES string of the molecule is CCNCc1cc(S(=O)(=O)Nc2nncs2)ccc1OC. The Morgan fingerprint density at radius 1 is 1.38 bits per heavy atom. The predicted molar refractivity (Wildman–Crippen MR) is 81.1 cm³/mol. The molecule has 114 valence electrons. The molecule has 1 heterocycles. The number of ether oxygens (including phenoxy) is 1. The maximum absolute atomic E-state index is 12.3. The molecule has 2 N–H and O–H groups in total. The minimum absolute atomic E-state index is 0.159. The van der Waals surface area contributed by atoms with Crippen molar-refractivity contribution in [3.05, 3.63) is 29.3 Å². The molecule has 0 radical (unpaired) electrons. The number of nitrogens with one attached hydrogen (secondary N) is 2. The molecular weight excluding hydrogens is 312 g/mol. The molecule has 0 aliphatic heterocycles. The van der Waals surface area contributed by atoms with E-state index < -0.39 is 10.0 Å². The lowest BCUT2D eigenvalue weighted by Gasteiger charge is -2.11. The normalized spacial score (nSPS) is 11.3. The zero-order valence-corrected chi connectivity index (χ0v) is 13.3. The summed E-state index contributed by atoms with van der Waals surface area (Å²) in [5, 5.41) is 10.7. The summed E-state index contributed by atoms with van der Waals surface area (Å²) in [7, 11) is -2.13. The van der Waals surface area contributed by atoms with Crippen molar-refractivity contribution in [1.29, 1.82) is 0 Å². The second-order valence-electron chi connectivity index (χ2n) is 4.10. The van der Waals surface area contributed by atoms with Crippen molar-refractivity contribution < 1.29 is 13.2 Å². The second-order valence-corrected chi connectivity index (χ2v) is 6.62. The van der Waals surface area contributed by atoms with Gasteiger partial charge in [0.1, 0.15) is 11.3 Å². The standard InChI is InChI=1S/C12H16N4O3S2/c1-3-13-7-9-6-10(4-5-11(9)19-2)21(17,18)16-12-15-14-8-20-12/h4-6,8,13H,3,7H2,1-2H3,(H,15,16). The highest BCUT2D eigenvalue weighted by Gasteiger charge is 2.17. The molecule has 0 unspecified atom stereocenters. The highest BCUT2D eigenvalue weighted by atomic mass is 32.2. The largest absolute Gasteiger partial charge is 0.496 e. The van der Waals surface area contributed by atoms with Gasteiger partial charge in [0, 0.05) is 12.1 Å². The molecule has 7 nitrogen and oxygen atoms in total. The monoisotopic (exact) mass is 328 g/mol. The van der Waals surface area contributed by atoms with E-state index in [4.69, 9.17) is 4.74 Å². The molecule has 2 rings (SSSR count). The molecule has 2 aromatic rings. The van der Waals surface area contributed by atoms with Crippen LogP contribution < -0.4 is 14.8 Å². The molecular formula is C12H16N4O3S2. The lowest BCUT2D eigenvalue weighted by molar-refractivity contribution is 0.407. The Morgan fingerprint density at radius 2 is 2.19 bits per heavy atom. The van der Waals surface area contributed by atoms with Gasteiger partial charge in [-0.3, -0.25) is 4.72 Å². The van der Waals surface area contributed by atoms with Crippen molar-refractivity contribution in [3.63, 3.8) is 0 Å². The summed E-state index contributed by atoms with van der Waals surface area (Å²) in [5.41, 5.74) is 2.24. The van der Waals surface area contributed by atoms with Crippen LogP contribution in [0, 0.1) is 0 Å². The van der Waals surface area contributed by atoms with Crippen LogP contribution in [0.3, 0.4) is 0 Å². The summed E-state index contributed by atoms with van der Waals surface area (Å²) >= 11 is 1.12. The molecule has 0 aliphatic carbocycles. The first kappa shape index (κ1) is 15.7. The third-order valence-electron chi connectivity index (χ3n) is 2.71. The number of nitrogens with zero attached hydrogens (tertiary/aromatic N) is 2. The summed E-state index contributed by atoms with van der Waals surface area (Å²) < 4.78 is 32.2. The molecule has 1 aromatic carbocycles. The van der Waals surface area contributed by atoms with Crippen molar-refractivity contribution in [2.24, 2.45) is 0 Å². The van der Waals surface area contributed by atoms with E-state index in [1.165, 1.54) is 11.6 Å². The zero-order valence-electron chi connectivity index (χ0n) is 11.7. The van der Waals surface area contributed by atoms with Crippen molar-refractivity contribution in [3.8, 4) is 5.75 Å². The fraction of sp³-hybridized carbons (Fsp3) is 0.333. The van der Waals surface area contributed by atoms with Crippen LogP contribution in [0.4, 0.5) is 5.13 Å². The number of anilines is 1. The molecule has 0 aliphatic rings. The van der Waals surface area contributed by atoms with Gasteiger partial charge in [-0.05, 0) is 24.7 Å². The van der Waals surface area contributed by atoms with Crippen LogP contribution in [0.15, 0.2) is 28.6 Å². The Balaban J connectivity index is 2.30. The molecule has 0 amide bonds. The van der Waals surface area contributed by atoms with E-state index in [2.05, 4.69) is 20.2 Å². The summed E-state index contributed by atoms with van der Waals surface area (Å²) in [4.78, 5) is 0.159. The molecule has 1 aromatic heterocycles. The fourth-order valence-electron chi connectivity index (χ4n) is 1.71. The molecule has 9 heteroatoms. The van der Waals surface area contributed by atoms with Crippen molar-refractivity contribution in [2.45, 2.75) is 18.4 Å². The van der Waals surface area contributed by atoms with Crippen LogP contribution in [-0.2, 0) is 16.6 Å². The van der Waals surface area contributed by atoms with Crippen LogP contribution in [0.5, 0.6) is 5.75 Å². The van der Waals surface area contributed by atoms with E-state index in [0.29, 0.717) is 12.3 Å². The van der Waals surface area contributed by atoms with E-state index >= 15 is 0 Å². The van der Waals surface area contributed by atoms with Crippen LogP contribution in [0.2, 0.25) is 0 Å². The number of sulfonamides is 1. The Labute approximate surface area is 127 Å². The lowest BCUT2D eigenvalue weighted by Crippen LogP contribution is -2.16. The highest BCUT2D eigenvalue weighted by Crippen LogP contribution is 2.24. The maximum Gasteiger partial charge on any atom is 0.263 e. The second kappa shape index (κ2) is 6.83. The van der Waals surface area contributed by atoms with Gasteiger partial charge in [-0.2, -0.15) is 0 Å². The first-order chi connectivity index (χ1) is 10.1. The third-order valence-corrected chi connectivity index (χ3v) is 4.78. The summed E-state index contributed by atoms with van der Waals surface area (Å²) in [6.45, 7) is 3.29. The van der Waals surface area contributed by atoms with Gasteiger partial charge in [0.25, 0.3) is 10.0 Å². The number of hydrogen-bond donors (Lipinski definition) is 2. The number of aromatic nitrogens is 2. The molecule has 0 spiro atoms. The average Bonchev–Trinajstić information content (AvgIpc) is 2.96. The molecule has 0 atom stereocenters. The van der Waals surface area contributed by atoms with Crippen molar-refractivity contribution in [1.82, 2.24) is 15.5 Å². The van der Waals surface area contributed by atoms with E-state index in [0.717, 1.165) is 23.4 Å². The van der Waals surface area contributed by atoms with Crippen LogP contribution in [-0.4, -0.2) is 32.3 Å². The molecule has 0 bridgehead atoms. The van der Waals surface area contributed by atoms with Gasteiger partial charge in [-0.1, -0.05) is 18.3 Å². The Kier molecular flexibility index (Phi) is 5.10. The van der Waals surface area contributed by atoms with Crippen molar-refractivity contribution >= 4 is 26.5 Å². The first-order valence-electron chi connectivity index (χ1n) is 6.23. The van der Waals surface area contributed by atoms with Gasteiger partial charge < -0.3 is 10.1 Å².